The SMILES string of the molecule is Cc1ccc(O)c(C)c1-n1c(N)c(C(N)=O)c2sc(Cl)c(C)c2c1=O. The molecule has 2 aromatic heterocycles. The Morgan fingerprint density at radius 1 is 1.24 bits per heavy atom. The van der Waals surface area contributed by atoms with Crippen molar-refractivity contribution in [2.45, 2.75) is 20.8 Å². The van der Waals surface area contributed by atoms with E-state index >= 15 is 0 Å². The molecule has 8 heteroatoms. The van der Waals surface area contributed by atoms with Crippen LogP contribution in [0.4, 0.5) is 5.82 Å². The van der Waals surface area contributed by atoms with Gasteiger partial charge in [0.15, 0.2) is 0 Å². The molecule has 3 aromatic rings. The number of phenols is 1. The van der Waals surface area contributed by atoms with E-state index in [0.29, 0.717) is 31.2 Å². The molecular formula is C17H16ClN3O3S. The number of aryl methyl sites for hydroxylation is 2. The van der Waals surface area contributed by atoms with Crippen molar-refractivity contribution in [1.29, 1.82) is 0 Å². The maximum Gasteiger partial charge on any atom is 0.265 e. The Balaban J connectivity index is 2.63. The lowest BCUT2D eigenvalue weighted by Gasteiger charge is -2.18. The first-order valence-corrected chi connectivity index (χ1v) is 8.58. The van der Waals surface area contributed by atoms with Gasteiger partial charge in [0, 0.05) is 5.56 Å². The van der Waals surface area contributed by atoms with Gasteiger partial charge in [-0.05, 0) is 38.0 Å². The second-order valence-corrected chi connectivity index (χ2v) is 7.47. The van der Waals surface area contributed by atoms with Crippen LogP contribution in [0.2, 0.25) is 4.34 Å². The molecule has 130 valence electrons. The summed E-state index contributed by atoms with van der Waals surface area (Å²) in [5.41, 5.74) is 13.5. The fourth-order valence-corrected chi connectivity index (χ4v) is 4.41. The van der Waals surface area contributed by atoms with E-state index in [4.69, 9.17) is 23.1 Å². The fourth-order valence-electron chi connectivity index (χ4n) is 3.00. The van der Waals surface area contributed by atoms with Crippen LogP contribution >= 0.6 is 22.9 Å². The molecule has 5 N–H and O–H groups in total. The number of carbonyl (C=O) groups excluding carboxylic acids is 1. The van der Waals surface area contributed by atoms with Crippen molar-refractivity contribution in [3.8, 4) is 11.4 Å². The first kappa shape index (κ1) is 17.3. The smallest absolute Gasteiger partial charge is 0.265 e. The van der Waals surface area contributed by atoms with Crippen LogP contribution in [0.25, 0.3) is 15.8 Å². The highest BCUT2D eigenvalue weighted by atomic mass is 35.5. The summed E-state index contributed by atoms with van der Waals surface area (Å²) in [4.78, 5) is 25.2. The van der Waals surface area contributed by atoms with Gasteiger partial charge in [0.05, 0.1) is 25.7 Å². The molecule has 0 aliphatic heterocycles. The molecule has 3 rings (SSSR count). The molecule has 1 amide bonds. The van der Waals surface area contributed by atoms with E-state index in [9.17, 15) is 14.7 Å². The number of amides is 1. The number of thiophene rings is 1. The molecule has 0 spiro atoms. The topological polar surface area (TPSA) is 111 Å². The van der Waals surface area contributed by atoms with E-state index in [2.05, 4.69) is 0 Å². The lowest BCUT2D eigenvalue weighted by molar-refractivity contribution is 0.100. The number of benzene rings is 1. The van der Waals surface area contributed by atoms with Crippen molar-refractivity contribution in [2.75, 3.05) is 5.73 Å². The predicted octanol–water partition coefficient (Wildman–Crippen LogP) is 3.02. The van der Waals surface area contributed by atoms with Crippen LogP contribution in [0.5, 0.6) is 5.75 Å². The van der Waals surface area contributed by atoms with Gasteiger partial charge in [-0.15, -0.1) is 11.3 Å². The first-order chi connectivity index (χ1) is 11.7. The van der Waals surface area contributed by atoms with Gasteiger partial charge >= 0.3 is 0 Å². The van der Waals surface area contributed by atoms with E-state index in [1.165, 1.54) is 10.6 Å². The molecular weight excluding hydrogens is 362 g/mol. The third-order valence-corrected chi connectivity index (χ3v) is 5.92. The molecule has 0 saturated carbocycles. The zero-order valence-electron chi connectivity index (χ0n) is 13.8. The highest BCUT2D eigenvalue weighted by molar-refractivity contribution is 7.23. The second kappa shape index (κ2) is 5.79. The highest BCUT2D eigenvalue weighted by Crippen LogP contribution is 2.38. The van der Waals surface area contributed by atoms with Crippen LogP contribution in [0.1, 0.15) is 27.0 Å². The van der Waals surface area contributed by atoms with Crippen molar-refractivity contribution >= 4 is 44.7 Å². The highest BCUT2D eigenvalue weighted by Gasteiger charge is 2.25. The lowest BCUT2D eigenvalue weighted by Crippen LogP contribution is -2.27. The number of phenolic OH excluding ortho intramolecular Hbond substituents is 1. The predicted molar refractivity (Wildman–Crippen MR) is 101 cm³/mol. The number of nitrogens with zero attached hydrogens (tertiary/aromatic N) is 1. The number of primary amides is 1. The number of hydrogen-bond donors (Lipinski definition) is 3. The molecule has 0 saturated heterocycles. The number of nitrogens with two attached hydrogens (primary N) is 2. The van der Waals surface area contributed by atoms with E-state index in [0.717, 1.165) is 16.9 Å². The number of fused-ring (bicyclic) bond motifs is 1. The van der Waals surface area contributed by atoms with Crippen molar-refractivity contribution in [3.63, 3.8) is 0 Å². The Bertz CT molecular complexity index is 1110. The Labute approximate surface area is 152 Å². The quantitative estimate of drug-likeness (QED) is 0.637. The van der Waals surface area contributed by atoms with E-state index in [1.54, 1.807) is 26.8 Å². The number of anilines is 1. The van der Waals surface area contributed by atoms with E-state index in [-0.39, 0.29) is 17.1 Å². The molecule has 0 radical (unpaired) electrons. The number of hydrogen-bond acceptors (Lipinski definition) is 5. The molecule has 2 heterocycles. The average Bonchev–Trinajstić information content (AvgIpc) is 2.81. The summed E-state index contributed by atoms with van der Waals surface area (Å²) in [6.07, 6.45) is 0. The maximum absolute atomic E-state index is 13.2. The lowest BCUT2D eigenvalue weighted by atomic mass is 10.1. The average molecular weight is 378 g/mol. The Morgan fingerprint density at radius 3 is 2.48 bits per heavy atom. The summed E-state index contributed by atoms with van der Waals surface area (Å²) in [7, 11) is 0. The summed E-state index contributed by atoms with van der Waals surface area (Å²) in [5, 5.41) is 10.4. The van der Waals surface area contributed by atoms with Gasteiger partial charge in [0.2, 0.25) is 0 Å². The van der Waals surface area contributed by atoms with Gasteiger partial charge < -0.3 is 16.6 Å². The van der Waals surface area contributed by atoms with Crippen LogP contribution < -0.4 is 17.0 Å². The van der Waals surface area contributed by atoms with Gasteiger partial charge in [0.25, 0.3) is 11.5 Å². The summed E-state index contributed by atoms with van der Waals surface area (Å²) in [6, 6.07) is 3.21. The van der Waals surface area contributed by atoms with Crippen LogP contribution in [0.3, 0.4) is 0 Å². The third-order valence-electron chi connectivity index (χ3n) is 4.30. The molecule has 0 aliphatic carbocycles. The number of carbonyl (C=O) groups is 1. The maximum atomic E-state index is 13.2. The monoisotopic (exact) mass is 377 g/mol. The Kier molecular flexibility index (Phi) is 4.01. The van der Waals surface area contributed by atoms with Gasteiger partial charge in [-0.2, -0.15) is 0 Å². The third kappa shape index (κ3) is 2.39. The zero-order valence-corrected chi connectivity index (χ0v) is 15.4. The molecule has 0 atom stereocenters. The minimum atomic E-state index is -0.746. The molecule has 0 aliphatic rings. The second-order valence-electron chi connectivity index (χ2n) is 5.85. The summed E-state index contributed by atoms with van der Waals surface area (Å²) in [5.74, 6) is -0.794. The minimum Gasteiger partial charge on any atom is -0.508 e. The van der Waals surface area contributed by atoms with Crippen molar-refractivity contribution in [3.05, 3.63) is 49.1 Å². The molecule has 1 aromatic carbocycles. The molecule has 0 bridgehead atoms. The first-order valence-electron chi connectivity index (χ1n) is 7.39. The number of aromatic nitrogens is 1. The van der Waals surface area contributed by atoms with Crippen molar-refractivity contribution in [1.82, 2.24) is 4.57 Å². The van der Waals surface area contributed by atoms with E-state index < -0.39 is 11.5 Å². The number of nitrogen functional groups attached to an aromatic ring is 1. The number of halogens is 1. The van der Waals surface area contributed by atoms with Crippen LogP contribution in [0, 0.1) is 20.8 Å². The van der Waals surface area contributed by atoms with Gasteiger partial charge in [-0.1, -0.05) is 17.7 Å². The number of rotatable bonds is 2. The number of pyridine rings is 1. The van der Waals surface area contributed by atoms with Crippen molar-refractivity contribution in [2.24, 2.45) is 5.73 Å². The fraction of sp³-hybridized carbons (Fsp3) is 0.176. The Morgan fingerprint density at radius 2 is 1.88 bits per heavy atom. The van der Waals surface area contributed by atoms with Crippen LogP contribution in [-0.4, -0.2) is 15.6 Å². The zero-order chi connectivity index (χ0) is 18.6. The summed E-state index contributed by atoms with van der Waals surface area (Å²) < 4.78 is 2.00. The normalized spacial score (nSPS) is 11.2. The summed E-state index contributed by atoms with van der Waals surface area (Å²) >= 11 is 7.28. The summed E-state index contributed by atoms with van der Waals surface area (Å²) in [6.45, 7) is 5.16. The van der Waals surface area contributed by atoms with E-state index in [1.807, 2.05) is 0 Å². The van der Waals surface area contributed by atoms with Gasteiger partial charge in [-0.3, -0.25) is 14.2 Å². The van der Waals surface area contributed by atoms with Crippen LogP contribution in [-0.2, 0) is 0 Å². The number of aromatic hydroxyl groups is 1. The van der Waals surface area contributed by atoms with Gasteiger partial charge in [0.1, 0.15) is 11.6 Å². The van der Waals surface area contributed by atoms with Gasteiger partial charge in [-0.25, -0.2) is 0 Å². The molecule has 0 unspecified atom stereocenters. The van der Waals surface area contributed by atoms with Crippen LogP contribution in [0.15, 0.2) is 16.9 Å². The molecule has 0 fully saturated rings. The minimum absolute atomic E-state index is 0.0210. The molecule has 6 nitrogen and oxygen atoms in total. The largest absolute Gasteiger partial charge is 0.508 e. The van der Waals surface area contributed by atoms with Crippen molar-refractivity contribution < 1.29 is 9.90 Å². The Hall–Kier alpha value is -2.51. The standard InChI is InChI=1S/C17H16ClN3O3S/c1-6-4-5-9(22)7(2)12(6)21-15(19)11(16(20)23)13-10(17(21)24)8(3)14(18)25-13/h4-5,22H,19H2,1-3H3,(H2,20,23). The molecule has 25 heavy (non-hydrogen) atoms.